The summed E-state index contributed by atoms with van der Waals surface area (Å²) in [5, 5.41) is 41.7. The third-order valence-corrected chi connectivity index (χ3v) is 7.29. The number of carboxylic acid groups (broad SMARTS) is 4. The maximum absolute atomic E-state index is 13.9. The molecule has 0 fully saturated rings. The molecule has 274 valence electrons. The van der Waals surface area contributed by atoms with E-state index in [2.05, 4.69) is 15.6 Å². The second kappa shape index (κ2) is 20.5. The number of carbonyl (C=O) groups is 6. The van der Waals surface area contributed by atoms with Crippen molar-refractivity contribution in [2.45, 2.75) is 26.7 Å². The van der Waals surface area contributed by atoms with Crippen LogP contribution in [0, 0.1) is 0 Å². The first kappa shape index (κ1) is 41.2. The Morgan fingerprint density at radius 2 is 1.24 bits per heavy atom. The lowest BCUT2D eigenvalue weighted by molar-refractivity contribution is -0.143. The van der Waals surface area contributed by atoms with Gasteiger partial charge in [-0.15, -0.1) is 0 Å². The van der Waals surface area contributed by atoms with Crippen LogP contribution in [0.25, 0.3) is 6.08 Å². The number of amides is 2. The molecule has 17 nitrogen and oxygen atoms in total. The lowest BCUT2D eigenvalue weighted by atomic mass is 10.1. The Bertz CT molecular complexity index is 1480. The SMILES string of the molecule is CC1=CC(C)=N/C1=C\c1ccc(CCC(=O)NCCNC(=O)CN(CCN(CCN(CC(=O)O)CC(=O)O)CC(=O)O)CC(=O)O)n1B(F)F. The molecule has 0 saturated carbocycles. The lowest BCUT2D eigenvalue weighted by Crippen LogP contribution is -2.47. The van der Waals surface area contributed by atoms with Crippen molar-refractivity contribution in [3.63, 3.8) is 0 Å². The zero-order valence-electron chi connectivity index (χ0n) is 27.8. The van der Waals surface area contributed by atoms with Crippen molar-refractivity contribution in [2.75, 3.05) is 72.0 Å². The van der Waals surface area contributed by atoms with Gasteiger partial charge < -0.3 is 35.5 Å². The topological polar surface area (TPSA) is 234 Å². The van der Waals surface area contributed by atoms with Gasteiger partial charge in [0.2, 0.25) is 11.8 Å². The molecule has 0 radical (unpaired) electrons. The first-order valence-corrected chi connectivity index (χ1v) is 15.6. The van der Waals surface area contributed by atoms with Gasteiger partial charge in [-0.25, -0.2) is 0 Å². The van der Waals surface area contributed by atoms with Crippen LogP contribution in [-0.2, 0) is 35.2 Å². The van der Waals surface area contributed by atoms with Gasteiger partial charge in [-0.3, -0.25) is 57.1 Å². The van der Waals surface area contributed by atoms with Crippen molar-refractivity contribution < 1.29 is 57.8 Å². The van der Waals surface area contributed by atoms with Gasteiger partial charge in [0.25, 0.3) is 0 Å². The number of nitrogens with zero attached hydrogens (tertiary/aromatic N) is 5. The number of aliphatic carboxylic acids is 4. The first-order valence-electron chi connectivity index (χ1n) is 15.6. The molecule has 1 aliphatic rings. The second-order valence-electron chi connectivity index (χ2n) is 11.5. The molecule has 0 spiro atoms. The highest BCUT2D eigenvalue weighted by molar-refractivity contribution is 6.41. The van der Waals surface area contributed by atoms with E-state index in [4.69, 9.17) is 10.2 Å². The molecule has 0 aromatic carbocycles. The Balaban J connectivity index is 1.84. The molecule has 6 N–H and O–H groups in total. The zero-order chi connectivity index (χ0) is 37.4. The summed E-state index contributed by atoms with van der Waals surface area (Å²) in [6.45, 7) is 0.786. The van der Waals surface area contributed by atoms with E-state index in [1.807, 2.05) is 13.0 Å². The smallest absolute Gasteiger partial charge is 0.480 e. The number of rotatable bonds is 24. The summed E-state index contributed by atoms with van der Waals surface area (Å²) in [4.78, 5) is 77.8. The predicted octanol–water partition coefficient (Wildman–Crippen LogP) is -0.569. The van der Waals surface area contributed by atoms with Crippen molar-refractivity contribution in [1.82, 2.24) is 29.8 Å². The van der Waals surface area contributed by atoms with Crippen LogP contribution < -0.4 is 10.6 Å². The minimum Gasteiger partial charge on any atom is -0.480 e. The Morgan fingerprint density at radius 1 is 0.760 bits per heavy atom. The molecule has 1 aromatic rings. The van der Waals surface area contributed by atoms with Crippen LogP contribution in [0.1, 0.15) is 31.7 Å². The molecule has 0 aliphatic carbocycles. The highest BCUT2D eigenvalue weighted by Gasteiger charge is 2.24. The fraction of sp³-hybridized carbons (Fsp3) is 0.500. The maximum atomic E-state index is 13.9. The highest BCUT2D eigenvalue weighted by Crippen LogP contribution is 2.23. The van der Waals surface area contributed by atoms with Gasteiger partial charge in [0, 0.05) is 62.8 Å². The van der Waals surface area contributed by atoms with Crippen LogP contribution in [0.2, 0.25) is 0 Å². The van der Waals surface area contributed by atoms with Crippen LogP contribution >= 0.6 is 0 Å². The van der Waals surface area contributed by atoms with Gasteiger partial charge >= 0.3 is 31.3 Å². The van der Waals surface area contributed by atoms with Crippen LogP contribution in [0.5, 0.6) is 0 Å². The van der Waals surface area contributed by atoms with Crippen molar-refractivity contribution in [3.05, 3.63) is 40.9 Å². The van der Waals surface area contributed by atoms with Crippen LogP contribution in [0.15, 0.2) is 34.5 Å². The molecule has 0 saturated heterocycles. The number of halogens is 2. The minimum atomic E-state index is -2.83. The molecule has 2 heterocycles. The van der Waals surface area contributed by atoms with Crippen molar-refractivity contribution in [3.8, 4) is 0 Å². The standard InChI is InChI=1S/C30H42BF2N7O10/c1-20-13-21(2)36-24(20)14-23-4-3-22(40(23)31(32)33)5-6-25(41)34-7-8-35-26(42)15-38(17-28(45)46)11-9-37(16-27(43)44)10-12-39(18-29(47)48)19-30(49)50/h3-4,13-14H,5-12,15-19H2,1-2H3,(H,34,41)(H,35,42)(H,43,44)(H,45,46)(H,47,48)(H,49,50)/b24-14-. The Morgan fingerprint density at radius 3 is 1.72 bits per heavy atom. The second-order valence-corrected chi connectivity index (χ2v) is 11.5. The van der Waals surface area contributed by atoms with E-state index in [1.165, 1.54) is 21.9 Å². The summed E-state index contributed by atoms with van der Waals surface area (Å²) in [6.07, 6.45) is 3.34. The summed E-state index contributed by atoms with van der Waals surface area (Å²) in [5.41, 5.74) is 2.71. The molecule has 0 atom stereocenters. The van der Waals surface area contributed by atoms with Crippen LogP contribution in [0.4, 0.5) is 8.63 Å². The molecule has 2 amide bonds. The summed E-state index contributed by atoms with van der Waals surface area (Å²) in [7, 11) is -2.83. The molecule has 50 heavy (non-hydrogen) atoms. The lowest BCUT2D eigenvalue weighted by Gasteiger charge is -2.27. The Kier molecular flexibility index (Phi) is 16.9. The maximum Gasteiger partial charge on any atom is 0.677 e. The number of nitrogens with one attached hydrogen (secondary N) is 2. The first-order chi connectivity index (χ1) is 23.5. The normalized spacial score (nSPS) is 13.5. The monoisotopic (exact) mass is 709 g/mol. The largest absolute Gasteiger partial charge is 0.677 e. The van der Waals surface area contributed by atoms with Gasteiger partial charge in [-0.05, 0) is 50.1 Å². The van der Waals surface area contributed by atoms with Crippen molar-refractivity contribution >= 4 is 54.9 Å². The Hall–Kier alpha value is -4.95. The summed E-state index contributed by atoms with van der Waals surface area (Å²) < 4.78 is 28.6. The average Bonchev–Trinajstić information content (AvgIpc) is 3.55. The molecule has 1 aliphatic heterocycles. The van der Waals surface area contributed by atoms with Gasteiger partial charge in [0.15, 0.2) is 0 Å². The summed E-state index contributed by atoms with van der Waals surface area (Å²) in [6, 6.07) is 3.06. The van der Waals surface area contributed by atoms with E-state index in [-0.39, 0.29) is 70.0 Å². The highest BCUT2D eigenvalue weighted by atomic mass is 19.2. The van der Waals surface area contributed by atoms with Gasteiger partial charge in [0.05, 0.1) is 38.4 Å². The number of hydrogen-bond acceptors (Lipinski definition) is 10. The molecule has 20 heteroatoms. The van der Waals surface area contributed by atoms with E-state index in [0.717, 1.165) is 20.7 Å². The third-order valence-electron chi connectivity index (χ3n) is 7.29. The number of aryl methyl sites for hydroxylation is 1. The van der Waals surface area contributed by atoms with Gasteiger partial charge in [-0.2, -0.15) is 0 Å². The predicted molar refractivity (Wildman–Crippen MR) is 177 cm³/mol. The quantitative estimate of drug-likeness (QED) is 0.0584. The third kappa shape index (κ3) is 15.5. The van der Waals surface area contributed by atoms with Gasteiger partial charge in [-0.1, -0.05) is 0 Å². The van der Waals surface area contributed by atoms with E-state index in [9.17, 15) is 47.6 Å². The number of aliphatic imine (C=N–C) groups is 1. The average molecular weight is 710 g/mol. The van der Waals surface area contributed by atoms with Crippen LogP contribution in [-0.4, -0.2) is 160 Å². The molecule has 0 unspecified atom stereocenters. The number of aromatic nitrogens is 1. The molecular formula is C30H42BF2N7O10. The van der Waals surface area contributed by atoms with E-state index < -0.39 is 69.3 Å². The molecule has 2 rings (SSSR count). The number of carboxylic acids is 4. The van der Waals surface area contributed by atoms with Crippen molar-refractivity contribution in [2.24, 2.45) is 4.99 Å². The fourth-order valence-electron chi connectivity index (χ4n) is 5.07. The van der Waals surface area contributed by atoms with E-state index in [1.54, 1.807) is 13.0 Å². The van der Waals surface area contributed by atoms with Crippen molar-refractivity contribution in [1.29, 1.82) is 0 Å². The minimum absolute atomic E-state index is 0.00918. The zero-order valence-corrected chi connectivity index (χ0v) is 27.8. The Labute approximate surface area is 287 Å². The molecule has 0 bridgehead atoms. The fourth-order valence-corrected chi connectivity index (χ4v) is 5.07. The van der Waals surface area contributed by atoms with E-state index >= 15 is 0 Å². The number of hydrogen-bond donors (Lipinski definition) is 6. The number of allylic oxidation sites excluding steroid dienone is 2. The summed E-state index contributed by atoms with van der Waals surface area (Å²) in [5.74, 6) is -6.03. The summed E-state index contributed by atoms with van der Waals surface area (Å²) >= 11 is 0. The van der Waals surface area contributed by atoms with Crippen LogP contribution in [0.3, 0.4) is 0 Å². The molecular weight excluding hydrogens is 667 g/mol. The molecule has 1 aromatic heterocycles. The van der Waals surface area contributed by atoms with E-state index in [0.29, 0.717) is 5.70 Å². The van der Waals surface area contributed by atoms with Gasteiger partial charge in [0.1, 0.15) is 0 Å². The number of carbonyl (C=O) groups excluding carboxylic acids is 2.